The summed E-state index contributed by atoms with van der Waals surface area (Å²) in [5, 5.41) is 11.0. The number of nitrogens with zero attached hydrogens (tertiary/aromatic N) is 1. The van der Waals surface area contributed by atoms with E-state index in [0.29, 0.717) is 24.8 Å². The van der Waals surface area contributed by atoms with Crippen molar-refractivity contribution >= 4 is 29.5 Å². The van der Waals surface area contributed by atoms with E-state index in [4.69, 9.17) is 14.2 Å². The largest absolute Gasteiger partial charge is 0.463 e. The molecule has 1 aliphatic heterocycles. The first kappa shape index (κ1) is 35.3. The number of ether oxygens (including phenoxy) is 3. The van der Waals surface area contributed by atoms with Crippen molar-refractivity contribution in [2.45, 2.75) is 77.5 Å². The summed E-state index contributed by atoms with van der Waals surface area (Å²) in [4.78, 5) is 50.1. The minimum Gasteiger partial charge on any atom is -0.463 e. The Bertz CT molecular complexity index is 1520. The molecule has 1 aliphatic rings. The molecule has 10 heteroatoms. The molecule has 0 aromatic heterocycles. The van der Waals surface area contributed by atoms with E-state index in [1.807, 2.05) is 48.5 Å². The molecule has 0 saturated carbocycles. The van der Waals surface area contributed by atoms with Gasteiger partial charge in [-0.2, -0.15) is 0 Å². The summed E-state index contributed by atoms with van der Waals surface area (Å²) in [6, 6.07) is 21.2. The topological polar surface area (TPSA) is 119 Å². The van der Waals surface area contributed by atoms with Crippen LogP contribution in [0.5, 0.6) is 0 Å². The number of aliphatic hydroxyl groups is 1. The van der Waals surface area contributed by atoms with Crippen LogP contribution >= 0.6 is 0 Å². The predicted molar refractivity (Wildman–Crippen MR) is 173 cm³/mol. The zero-order valence-electron chi connectivity index (χ0n) is 27.2. The van der Waals surface area contributed by atoms with Crippen LogP contribution in [0.2, 0.25) is 0 Å². The van der Waals surface area contributed by atoms with Gasteiger partial charge in [-0.05, 0) is 78.6 Å². The Morgan fingerprint density at radius 3 is 1.96 bits per heavy atom. The first-order valence-corrected chi connectivity index (χ1v) is 15.8. The van der Waals surface area contributed by atoms with Gasteiger partial charge >= 0.3 is 17.9 Å². The summed E-state index contributed by atoms with van der Waals surface area (Å²) in [5.74, 6) is -2.38. The maximum Gasteiger partial charge on any atom is 0.303 e. The van der Waals surface area contributed by atoms with Gasteiger partial charge in [-0.3, -0.25) is 19.2 Å². The standard InChI is InChI=1S/C37H42FNO8/c1-5-27-8-16-32(17-9-27)39-35(33(36(39)43)18-19-34(47-26(4)42)29-12-14-31(38)15-13-29)30-10-6-28(7-11-30)20-21-37(44,22-45-24(2)40)23-46-25(3)41/h6-17,33-35,44H,5,18-23H2,1-4H3/t33?,34-,35?/m0/s1. The van der Waals surface area contributed by atoms with Crippen LogP contribution in [0.15, 0.2) is 72.8 Å². The molecule has 250 valence electrons. The molecular weight excluding hydrogens is 605 g/mol. The molecule has 1 N–H and O–H groups in total. The SMILES string of the molecule is CCc1ccc(N2C(=O)C(CC[C@H](OC(C)=O)c3ccc(F)cc3)C2c2ccc(CCC(O)(COC(C)=O)COC(C)=O)cc2)cc1. The van der Waals surface area contributed by atoms with Crippen LogP contribution in [0, 0.1) is 11.7 Å². The fraction of sp³-hybridized carbons (Fsp3) is 0.405. The van der Waals surface area contributed by atoms with Gasteiger partial charge in [0.2, 0.25) is 5.91 Å². The normalized spacial score (nSPS) is 16.6. The highest BCUT2D eigenvalue weighted by molar-refractivity contribution is 6.03. The molecule has 1 heterocycles. The highest BCUT2D eigenvalue weighted by atomic mass is 19.1. The van der Waals surface area contributed by atoms with E-state index in [0.717, 1.165) is 28.8 Å². The molecule has 1 fully saturated rings. The Balaban J connectivity index is 1.54. The van der Waals surface area contributed by atoms with Gasteiger partial charge < -0.3 is 24.2 Å². The van der Waals surface area contributed by atoms with Crippen LogP contribution in [0.4, 0.5) is 10.1 Å². The molecule has 0 bridgehead atoms. The average Bonchev–Trinajstić information content (AvgIpc) is 3.05. The van der Waals surface area contributed by atoms with Crippen LogP contribution in [-0.2, 0) is 46.2 Å². The molecule has 4 rings (SSSR count). The van der Waals surface area contributed by atoms with E-state index in [9.17, 15) is 28.7 Å². The molecule has 1 amide bonds. The highest BCUT2D eigenvalue weighted by Gasteiger charge is 2.48. The van der Waals surface area contributed by atoms with Crippen molar-refractivity contribution in [2.24, 2.45) is 5.92 Å². The Hall–Kier alpha value is -4.57. The number of anilines is 1. The lowest BCUT2D eigenvalue weighted by atomic mass is 9.78. The van der Waals surface area contributed by atoms with Gasteiger partial charge in [0.15, 0.2) is 0 Å². The van der Waals surface area contributed by atoms with Crippen molar-refractivity contribution in [3.8, 4) is 0 Å². The fourth-order valence-corrected chi connectivity index (χ4v) is 5.81. The number of benzene rings is 3. The summed E-state index contributed by atoms with van der Waals surface area (Å²) in [5.41, 5.74) is 2.86. The number of aryl methyl sites for hydroxylation is 2. The van der Waals surface area contributed by atoms with Gasteiger partial charge in [-0.25, -0.2) is 4.39 Å². The summed E-state index contributed by atoms with van der Waals surface area (Å²) < 4.78 is 29.2. The van der Waals surface area contributed by atoms with Gasteiger partial charge in [0.25, 0.3) is 0 Å². The smallest absolute Gasteiger partial charge is 0.303 e. The van der Waals surface area contributed by atoms with Gasteiger partial charge in [-0.1, -0.05) is 55.5 Å². The van der Waals surface area contributed by atoms with Crippen LogP contribution in [-0.4, -0.2) is 47.7 Å². The minimum absolute atomic E-state index is 0.0370. The lowest BCUT2D eigenvalue weighted by Crippen LogP contribution is -2.55. The second kappa shape index (κ2) is 15.8. The number of rotatable bonds is 15. The van der Waals surface area contributed by atoms with E-state index in [-0.39, 0.29) is 37.5 Å². The minimum atomic E-state index is -1.55. The molecule has 1 saturated heterocycles. The Morgan fingerprint density at radius 2 is 1.43 bits per heavy atom. The van der Waals surface area contributed by atoms with E-state index in [2.05, 4.69) is 6.92 Å². The van der Waals surface area contributed by atoms with E-state index in [1.165, 1.54) is 32.9 Å². The number of amides is 1. The van der Waals surface area contributed by atoms with Gasteiger partial charge in [0.1, 0.15) is 30.7 Å². The van der Waals surface area contributed by atoms with Crippen molar-refractivity contribution in [3.63, 3.8) is 0 Å². The maximum atomic E-state index is 13.7. The summed E-state index contributed by atoms with van der Waals surface area (Å²) in [7, 11) is 0. The molecule has 0 spiro atoms. The Morgan fingerprint density at radius 1 is 0.851 bits per heavy atom. The molecule has 3 aromatic carbocycles. The number of β-lactam (4-membered cyclic amide) rings is 1. The Labute approximate surface area is 274 Å². The van der Waals surface area contributed by atoms with E-state index in [1.54, 1.807) is 17.0 Å². The summed E-state index contributed by atoms with van der Waals surface area (Å²) in [6.45, 7) is 5.26. The highest BCUT2D eigenvalue weighted by Crippen LogP contribution is 2.46. The third-order valence-electron chi connectivity index (χ3n) is 8.42. The Kier molecular flexibility index (Phi) is 11.9. The third-order valence-corrected chi connectivity index (χ3v) is 8.42. The van der Waals surface area contributed by atoms with Crippen molar-refractivity contribution < 1.29 is 42.9 Å². The van der Waals surface area contributed by atoms with Crippen molar-refractivity contribution in [3.05, 3.63) is 101 Å². The fourth-order valence-electron chi connectivity index (χ4n) is 5.81. The third kappa shape index (κ3) is 9.48. The summed E-state index contributed by atoms with van der Waals surface area (Å²) in [6.07, 6.45) is 1.65. The molecule has 2 unspecified atom stereocenters. The number of carbonyl (C=O) groups excluding carboxylic acids is 4. The molecule has 47 heavy (non-hydrogen) atoms. The van der Waals surface area contributed by atoms with Crippen LogP contribution in [0.25, 0.3) is 0 Å². The first-order valence-electron chi connectivity index (χ1n) is 15.8. The number of hydrogen-bond acceptors (Lipinski definition) is 8. The predicted octanol–water partition coefficient (Wildman–Crippen LogP) is 5.97. The molecule has 3 atom stereocenters. The monoisotopic (exact) mass is 647 g/mol. The number of hydrogen-bond donors (Lipinski definition) is 1. The van der Waals surface area contributed by atoms with Gasteiger partial charge in [0.05, 0.1) is 12.0 Å². The molecule has 3 aromatic rings. The average molecular weight is 648 g/mol. The quantitative estimate of drug-likeness (QED) is 0.122. The number of esters is 3. The van der Waals surface area contributed by atoms with Crippen LogP contribution < -0.4 is 4.90 Å². The van der Waals surface area contributed by atoms with E-state index >= 15 is 0 Å². The van der Waals surface area contributed by atoms with E-state index < -0.39 is 35.4 Å². The second-order valence-corrected chi connectivity index (χ2v) is 12.0. The second-order valence-electron chi connectivity index (χ2n) is 12.0. The lowest BCUT2D eigenvalue weighted by Gasteiger charge is -2.48. The van der Waals surface area contributed by atoms with Gasteiger partial charge in [0, 0.05) is 26.5 Å². The van der Waals surface area contributed by atoms with Gasteiger partial charge in [-0.15, -0.1) is 0 Å². The van der Waals surface area contributed by atoms with Crippen molar-refractivity contribution in [1.29, 1.82) is 0 Å². The number of halogens is 1. The zero-order chi connectivity index (χ0) is 34.1. The zero-order valence-corrected chi connectivity index (χ0v) is 27.2. The number of carbonyl (C=O) groups is 4. The van der Waals surface area contributed by atoms with Crippen molar-refractivity contribution in [1.82, 2.24) is 0 Å². The first-order chi connectivity index (χ1) is 22.4. The maximum absolute atomic E-state index is 13.7. The van der Waals surface area contributed by atoms with Crippen LogP contribution in [0.3, 0.4) is 0 Å². The molecule has 9 nitrogen and oxygen atoms in total. The molecule has 0 radical (unpaired) electrons. The van der Waals surface area contributed by atoms with Crippen molar-refractivity contribution in [2.75, 3.05) is 18.1 Å². The summed E-state index contributed by atoms with van der Waals surface area (Å²) >= 11 is 0. The molecule has 0 aliphatic carbocycles. The lowest BCUT2D eigenvalue weighted by molar-refractivity contribution is -0.161. The van der Waals surface area contributed by atoms with Crippen LogP contribution in [0.1, 0.15) is 81.4 Å². The molecular formula is C37H42FNO8.